The zero-order valence-electron chi connectivity index (χ0n) is 10.3. The van der Waals surface area contributed by atoms with Crippen LogP contribution in [0.2, 0.25) is 0 Å². The lowest BCUT2D eigenvalue weighted by Crippen LogP contribution is -2.23. The Hall–Kier alpha value is -1.71. The highest BCUT2D eigenvalue weighted by Gasteiger charge is 2.34. The molecule has 2 atom stereocenters. The molecule has 1 aromatic rings. The van der Waals surface area contributed by atoms with Crippen molar-refractivity contribution in [1.82, 2.24) is 0 Å². The van der Waals surface area contributed by atoms with E-state index in [1.807, 2.05) is 25.2 Å². The van der Waals surface area contributed by atoms with Crippen molar-refractivity contribution in [1.29, 1.82) is 0 Å². The van der Waals surface area contributed by atoms with Crippen LogP contribution in [0.4, 0.5) is 5.69 Å². The fourth-order valence-electron chi connectivity index (χ4n) is 2.40. The number of carbonyl (C=O) groups is 1. The monoisotopic (exact) mass is 235 g/mol. The van der Waals surface area contributed by atoms with Crippen molar-refractivity contribution in [3.8, 4) is 5.75 Å². The first-order chi connectivity index (χ1) is 8.04. The van der Waals surface area contributed by atoms with Gasteiger partial charge in [-0.25, -0.2) is 0 Å². The molecule has 0 bridgehead atoms. The molecule has 0 aromatic heterocycles. The Morgan fingerprint density at radius 3 is 2.88 bits per heavy atom. The number of methoxy groups -OCH3 is 1. The van der Waals surface area contributed by atoms with E-state index in [0.717, 1.165) is 23.5 Å². The largest absolute Gasteiger partial charge is 0.497 e. The molecule has 0 aliphatic carbocycles. The molecule has 2 unspecified atom stereocenters. The van der Waals surface area contributed by atoms with Crippen LogP contribution in [0.3, 0.4) is 0 Å². The minimum absolute atomic E-state index is 0.0302. The van der Waals surface area contributed by atoms with Gasteiger partial charge in [-0.3, -0.25) is 4.79 Å². The SMILES string of the molecule is COc1ccc2c(c1)C(C(C)C(=O)O)CN2C. The van der Waals surface area contributed by atoms with Crippen molar-refractivity contribution in [2.24, 2.45) is 5.92 Å². The Morgan fingerprint density at radius 2 is 2.29 bits per heavy atom. The highest BCUT2D eigenvalue weighted by atomic mass is 16.5. The molecule has 17 heavy (non-hydrogen) atoms. The highest BCUT2D eigenvalue weighted by Crippen LogP contribution is 2.41. The normalized spacial score (nSPS) is 19.9. The van der Waals surface area contributed by atoms with Crippen molar-refractivity contribution >= 4 is 11.7 Å². The molecule has 1 aliphatic heterocycles. The number of benzene rings is 1. The first-order valence-corrected chi connectivity index (χ1v) is 5.66. The minimum atomic E-state index is -0.751. The second-order valence-electron chi connectivity index (χ2n) is 4.54. The smallest absolute Gasteiger partial charge is 0.306 e. The van der Waals surface area contributed by atoms with Crippen molar-refractivity contribution < 1.29 is 14.6 Å². The number of ether oxygens (including phenoxy) is 1. The van der Waals surface area contributed by atoms with Gasteiger partial charge in [-0.15, -0.1) is 0 Å². The number of anilines is 1. The van der Waals surface area contributed by atoms with Gasteiger partial charge in [0.25, 0.3) is 0 Å². The maximum absolute atomic E-state index is 11.1. The van der Waals surface area contributed by atoms with Crippen LogP contribution in [0.15, 0.2) is 18.2 Å². The molecule has 0 saturated carbocycles. The van der Waals surface area contributed by atoms with Crippen molar-refractivity contribution in [3.63, 3.8) is 0 Å². The molecule has 0 spiro atoms. The van der Waals surface area contributed by atoms with Gasteiger partial charge in [-0.05, 0) is 23.8 Å². The number of hydrogen-bond acceptors (Lipinski definition) is 3. The summed E-state index contributed by atoms with van der Waals surface area (Å²) in [5, 5.41) is 9.13. The maximum atomic E-state index is 11.1. The van der Waals surface area contributed by atoms with Gasteiger partial charge >= 0.3 is 5.97 Å². The predicted molar refractivity (Wildman–Crippen MR) is 65.8 cm³/mol. The molecule has 1 N–H and O–H groups in total. The molecular formula is C13H17NO3. The van der Waals surface area contributed by atoms with E-state index in [4.69, 9.17) is 9.84 Å². The molecular weight excluding hydrogens is 218 g/mol. The molecule has 0 saturated heterocycles. The van der Waals surface area contributed by atoms with Crippen LogP contribution in [0, 0.1) is 5.92 Å². The summed E-state index contributed by atoms with van der Waals surface area (Å²) in [4.78, 5) is 13.2. The number of nitrogens with zero attached hydrogens (tertiary/aromatic N) is 1. The van der Waals surface area contributed by atoms with E-state index in [9.17, 15) is 4.79 Å². The van der Waals surface area contributed by atoms with Crippen molar-refractivity contribution in [2.45, 2.75) is 12.8 Å². The van der Waals surface area contributed by atoms with Crippen LogP contribution in [0.5, 0.6) is 5.75 Å². The van der Waals surface area contributed by atoms with Gasteiger partial charge in [0.15, 0.2) is 0 Å². The third-order valence-corrected chi connectivity index (χ3v) is 3.51. The fraction of sp³-hybridized carbons (Fsp3) is 0.462. The number of likely N-dealkylation sites (N-methyl/N-ethyl adjacent to an activating group) is 1. The number of aliphatic carboxylic acids is 1. The lowest BCUT2D eigenvalue weighted by Gasteiger charge is -2.16. The molecule has 1 aliphatic rings. The van der Waals surface area contributed by atoms with Crippen LogP contribution in [-0.4, -0.2) is 31.8 Å². The second-order valence-corrected chi connectivity index (χ2v) is 4.54. The van der Waals surface area contributed by atoms with Gasteiger partial charge in [0.05, 0.1) is 13.0 Å². The average Bonchev–Trinajstić information content (AvgIpc) is 2.65. The van der Waals surface area contributed by atoms with E-state index in [2.05, 4.69) is 4.90 Å². The summed E-state index contributed by atoms with van der Waals surface area (Å²) in [6, 6.07) is 5.84. The minimum Gasteiger partial charge on any atom is -0.497 e. The zero-order valence-corrected chi connectivity index (χ0v) is 10.3. The van der Waals surface area contributed by atoms with E-state index >= 15 is 0 Å². The van der Waals surface area contributed by atoms with Gasteiger partial charge in [0, 0.05) is 25.2 Å². The lowest BCUT2D eigenvalue weighted by atomic mass is 9.89. The van der Waals surface area contributed by atoms with Gasteiger partial charge in [0.2, 0.25) is 0 Å². The number of rotatable bonds is 3. The molecule has 4 heteroatoms. The molecule has 0 amide bonds. The summed E-state index contributed by atoms with van der Waals surface area (Å²) in [5.74, 6) is -0.325. The van der Waals surface area contributed by atoms with Crippen LogP contribution in [-0.2, 0) is 4.79 Å². The van der Waals surface area contributed by atoms with Crippen molar-refractivity contribution in [3.05, 3.63) is 23.8 Å². The van der Waals surface area contributed by atoms with Gasteiger partial charge < -0.3 is 14.7 Å². The van der Waals surface area contributed by atoms with E-state index in [1.54, 1.807) is 14.0 Å². The Labute approximate surface area is 101 Å². The number of carboxylic acids is 1. The third kappa shape index (κ3) is 1.95. The van der Waals surface area contributed by atoms with Gasteiger partial charge in [-0.1, -0.05) is 6.92 Å². The topological polar surface area (TPSA) is 49.8 Å². The van der Waals surface area contributed by atoms with E-state index in [0.29, 0.717) is 0 Å². The van der Waals surface area contributed by atoms with E-state index in [-0.39, 0.29) is 11.8 Å². The Bertz CT molecular complexity index is 444. The predicted octanol–water partition coefficient (Wildman–Crippen LogP) is 1.95. The van der Waals surface area contributed by atoms with Crippen molar-refractivity contribution in [2.75, 3.05) is 25.6 Å². The summed E-state index contributed by atoms with van der Waals surface area (Å²) in [7, 11) is 3.61. The van der Waals surface area contributed by atoms with Crippen LogP contribution in [0.1, 0.15) is 18.4 Å². The molecule has 0 radical (unpaired) electrons. The highest BCUT2D eigenvalue weighted by molar-refractivity contribution is 5.74. The van der Waals surface area contributed by atoms with Crippen LogP contribution < -0.4 is 9.64 Å². The quantitative estimate of drug-likeness (QED) is 0.870. The third-order valence-electron chi connectivity index (χ3n) is 3.51. The first-order valence-electron chi connectivity index (χ1n) is 5.66. The Balaban J connectivity index is 2.40. The number of hydrogen-bond donors (Lipinski definition) is 1. The summed E-state index contributed by atoms with van der Waals surface area (Å²) < 4.78 is 5.20. The average molecular weight is 235 g/mol. The second kappa shape index (κ2) is 4.28. The fourth-order valence-corrected chi connectivity index (χ4v) is 2.40. The summed E-state index contributed by atoms with van der Waals surface area (Å²) in [6.07, 6.45) is 0. The Morgan fingerprint density at radius 1 is 1.59 bits per heavy atom. The zero-order chi connectivity index (χ0) is 12.6. The summed E-state index contributed by atoms with van der Waals surface area (Å²) >= 11 is 0. The molecule has 2 rings (SSSR count). The first kappa shape index (κ1) is 11.8. The van der Waals surface area contributed by atoms with Crippen LogP contribution >= 0.6 is 0 Å². The summed E-state index contributed by atoms with van der Waals surface area (Å²) in [5.41, 5.74) is 2.17. The summed E-state index contributed by atoms with van der Waals surface area (Å²) in [6.45, 7) is 2.51. The number of carboxylic acid groups (broad SMARTS) is 1. The van der Waals surface area contributed by atoms with E-state index in [1.165, 1.54) is 0 Å². The lowest BCUT2D eigenvalue weighted by molar-refractivity contribution is -0.141. The van der Waals surface area contributed by atoms with Gasteiger partial charge in [0.1, 0.15) is 5.75 Å². The maximum Gasteiger partial charge on any atom is 0.306 e. The van der Waals surface area contributed by atoms with E-state index < -0.39 is 5.97 Å². The standard InChI is InChI=1S/C13H17NO3/c1-8(13(15)16)11-7-14(2)12-5-4-9(17-3)6-10(11)12/h4-6,8,11H,7H2,1-3H3,(H,15,16). The number of fused-ring (bicyclic) bond motifs is 1. The molecule has 0 fully saturated rings. The molecule has 92 valence electrons. The molecule has 1 aromatic carbocycles. The molecule has 4 nitrogen and oxygen atoms in total. The Kier molecular flexibility index (Phi) is 2.96. The molecule has 1 heterocycles. The van der Waals surface area contributed by atoms with Crippen LogP contribution in [0.25, 0.3) is 0 Å². The van der Waals surface area contributed by atoms with Gasteiger partial charge in [-0.2, -0.15) is 0 Å².